The zero-order valence-corrected chi connectivity index (χ0v) is 13.7. The van der Waals surface area contributed by atoms with Crippen molar-refractivity contribution in [3.05, 3.63) is 0 Å². The second kappa shape index (κ2) is 7.84. The van der Waals surface area contributed by atoms with Gasteiger partial charge in [-0.15, -0.1) is 0 Å². The van der Waals surface area contributed by atoms with Gasteiger partial charge in [0, 0.05) is 45.7 Å². The maximum atomic E-state index is 13.9. The standard InChI is InChI=1S/C16H31F2N3/c1-3-7-19-10-12-20(13-11-19)8-5-15-6-9-21(4-2)16(17,18)14-15/h15H,3-14H2,1-2H3. The van der Waals surface area contributed by atoms with Gasteiger partial charge in [-0.25, -0.2) is 4.90 Å². The molecule has 124 valence electrons. The Bertz CT molecular complexity index is 304. The van der Waals surface area contributed by atoms with Crippen LogP contribution in [0, 0.1) is 5.92 Å². The lowest BCUT2D eigenvalue weighted by Crippen LogP contribution is -2.49. The first kappa shape index (κ1) is 17.1. The minimum atomic E-state index is -2.59. The monoisotopic (exact) mass is 303 g/mol. The van der Waals surface area contributed by atoms with Gasteiger partial charge in [-0.2, -0.15) is 8.78 Å². The van der Waals surface area contributed by atoms with E-state index in [2.05, 4.69) is 16.7 Å². The smallest absolute Gasteiger partial charge is 0.301 e. The lowest BCUT2D eigenvalue weighted by atomic mass is 9.91. The summed E-state index contributed by atoms with van der Waals surface area (Å²) in [5.41, 5.74) is 0. The molecule has 2 heterocycles. The number of hydrogen-bond donors (Lipinski definition) is 0. The average Bonchev–Trinajstić information content (AvgIpc) is 2.46. The van der Waals surface area contributed by atoms with Crippen LogP contribution in [-0.4, -0.2) is 73.1 Å². The average molecular weight is 303 g/mol. The van der Waals surface area contributed by atoms with E-state index in [1.807, 2.05) is 6.92 Å². The van der Waals surface area contributed by atoms with E-state index in [-0.39, 0.29) is 12.3 Å². The Kier molecular flexibility index (Phi) is 6.38. The summed E-state index contributed by atoms with van der Waals surface area (Å²) in [7, 11) is 0. The number of likely N-dealkylation sites (tertiary alicyclic amines) is 1. The molecule has 5 heteroatoms. The zero-order chi connectivity index (χ0) is 15.3. The largest absolute Gasteiger partial charge is 0.305 e. The summed E-state index contributed by atoms with van der Waals surface area (Å²) < 4.78 is 27.9. The predicted molar refractivity (Wildman–Crippen MR) is 82.7 cm³/mol. The topological polar surface area (TPSA) is 9.72 Å². The molecule has 3 nitrogen and oxygen atoms in total. The molecule has 0 saturated carbocycles. The van der Waals surface area contributed by atoms with Crippen LogP contribution in [0.2, 0.25) is 0 Å². The van der Waals surface area contributed by atoms with Gasteiger partial charge < -0.3 is 9.80 Å². The fourth-order valence-corrected chi connectivity index (χ4v) is 3.63. The second-order valence-corrected chi connectivity index (χ2v) is 6.58. The van der Waals surface area contributed by atoms with Crippen molar-refractivity contribution in [2.75, 3.05) is 52.4 Å². The van der Waals surface area contributed by atoms with Crippen LogP contribution in [0.15, 0.2) is 0 Å². The van der Waals surface area contributed by atoms with Crippen LogP contribution in [0.3, 0.4) is 0 Å². The molecule has 2 rings (SSSR count). The fraction of sp³-hybridized carbons (Fsp3) is 1.00. The van der Waals surface area contributed by atoms with Crippen LogP contribution in [-0.2, 0) is 0 Å². The molecule has 0 aromatic carbocycles. The summed E-state index contributed by atoms with van der Waals surface area (Å²) in [6.45, 7) is 11.7. The van der Waals surface area contributed by atoms with Gasteiger partial charge in [0.25, 0.3) is 0 Å². The van der Waals surface area contributed by atoms with Gasteiger partial charge in [-0.3, -0.25) is 0 Å². The molecule has 0 aromatic rings. The Labute approximate surface area is 128 Å². The van der Waals surface area contributed by atoms with Crippen molar-refractivity contribution in [3.63, 3.8) is 0 Å². The van der Waals surface area contributed by atoms with Crippen molar-refractivity contribution in [1.29, 1.82) is 0 Å². The van der Waals surface area contributed by atoms with Gasteiger partial charge in [0.05, 0.1) is 0 Å². The Balaban J connectivity index is 1.68. The van der Waals surface area contributed by atoms with E-state index in [0.29, 0.717) is 13.1 Å². The van der Waals surface area contributed by atoms with Crippen LogP contribution < -0.4 is 0 Å². The highest BCUT2D eigenvalue weighted by Gasteiger charge is 2.42. The summed E-state index contributed by atoms with van der Waals surface area (Å²) in [6.07, 6.45) is 3.13. The molecule has 0 N–H and O–H groups in total. The first-order valence-electron chi connectivity index (χ1n) is 8.62. The van der Waals surface area contributed by atoms with Crippen molar-refractivity contribution >= 4 is 0 Å². The molecule has 0 radical (unpaired) electrons. The fourth-order valence-electron chi connectivity index (χ4n) is 3.63. The molecule has 0 aromatic heterocycles. The van der Waals surface area contributed by atoms with E-state index in [9.17, 15) is 8.78 Å². The summed E-state index contributed by atoms with van der Waals surface area (Å²) >= 11 is 0. The number of piperazine rings is 1. The minimum absolute atomic E-state index is 0.0522. The molecule has 1 atom stereocenters. The first-order valence-corrected chi connectivity index (χ1v) is 8.62. The van der Waals surface area contributed by atoms with Crippen molar-refractivity contribution < 1.29 is 8.78 Å². The Morgan fingerprint density at radius 3 is 2.10 bits per heavy atom. The SMILES string of the molecule is CCCN1CCN(CCC2CCN(CC)C(F)(F)C2)CC1. The molecular formula is C16H31F2N3. The highest BCUT2D eigenvalue weighted by atomic mass is 19.3. The van der Waals surface area contributed by atoms with Gasteiger partial charge in [0.1, 0.15) is 0 Å². The lowest BCUT2D eigenvalue weighted by Gasteiger charge is -2.40. The maximum absolute atomic E-state index is 13.9. The predicted octanol–water partition coefficient (Wildman–Crippen LogP) is 2.73. The van der Waals surface area contributed by atoms with E-state index >= 15 is 0 Å². The van der Waals surface area contributed by atoms with Crippen molar-refractivity contribution in [3.8, 4) is 0 Å². The zero-order valence-electron chi connectivity index (χ0n) is 13.7. The van der Waals surface area contributed by atoms with Gasteiger partial charge >= 0.3 is 6.05 Å². The summed E-state index contributed by atoms with van der Waals surface area (Å²) in [6, 6.07) is -2.59. The Morgan fingerprint density at radius 2 is 1.57 bits per heavy atom. The van der Waals surface area contributed by atoms with E-state index in [1.54, 1.807) is 0 Å². The summed E-state index contributed by atoms with van der Waals surface area (Å²) in [4.78, 5) is 6.29. The van der Waals surface area contributed by atoms with Crippen molar-refractivity contribution in [2.45, 2.75) is 45.6 Å². The lowest BCUT2D eigenvalue weighted by molar-refractivity contribution is -0.179. The molecular weight excluding hydrogens is 272 g/mol. The number of halogens is 2. The van der Waals surface area contributed by atoms with Gasteiger partial charge in [0.15, 0.2) is 0 Å². The second-order valence-electron chi connectivity index (χ2n) is 6.58. The quantitative estimate of drug-likeness (QED) is 0.699. The molecule has 2 saturated heterocycles. The van der Waals surface area contributed by atoms with Gasteiger partial charge in [0.2, 0.25) is 0 Å². The maximum Gasteiger partial charge on any atom is 0.305 e. The molecule has 0 amide bonds. The van der Waals surface area contributed by atoms with Crippen LogP contribution >= 0.6 is 0 Å². The molecule has 21 heavy (non-hydrogen) atoms. The number of rotatable bonds is 6. The number of piperidine rings is 1. The Hall–Kier alpha value is -0.260. The molecule has 0 bridgehead atoms. The van der Waals surface area contributed by atoms with E-state index in [4.69, 9.17) is 0 Å². The third kappa shape index (κ3) is 4.86. The third-order valence-electron chi connectivity index (χ3n) is 5.04. The number of nitrogens with zero attached hydrogens (tertiary/aromatic N) is 3. The first-order chi connectivity index (χ1) is 10.0. The molecule has 0 spiro atoms. The van der Waals surface area contributed by atoms with Crippen LogP contribution in [0.4, 0.5) is 8.78 Å². The molecule has 2 fully saturated rings. The van der Waals surface area contributed by atoms with Crippen molar-refractivity contribution in [1.82, 2.24) is 14.7 Å². The number of hydrogen-bond acceptors (Lipinski definition) is 3. The molecule has 2 aliphatic rings. The normalized spacial score (nSPS) is 28.9. The third-order valence-corrected chi connectivity index (χ3v) is 5.04. The summed E-state index contributed by atoms with van der Waals surface area (Å²) in [5, 5.41) is 0. The van der Waals surface area contributed by atoms with E-state index < -0.39 is 6.05 Å². The minimum Gasteiger partial charge on any atom is -0.301 e. The highest BCUT2D eigenvalue weighted by molar-refractivity contribution is 4.81. The van der Waals surface area contributed by atoms with Crippen LogP contribution in [0.5, 0.6) is 0 Å². The van der Waals surface area contributed by atoms with Crippen LogP contribution in [0.25, 0.3) is 0 Å². The molecule has 1 unspecified atom stereocenters. The van der Waals surface area contributed by atoms with Gasteiger partial charge in [-0.05, 0) is 38.3 Å². The molecule has 2 aliphatic heterocycles. The van der Waals surface area contributed by atoms with E-state index in [1.165, 1.54) is 17.9 Å². The molecule has 0 aliphatic carbocycles. The van der Waals surface area contributed by atoms with Gasteiger partial charge in [-0.1, -0.05) is 13.8 Å². The summed E-state index contributed by atoms with van der Waals surface area (Å²) in [5.74, 6) is 0.191. The Morgan fingerprint density at radius 1 is 0.952 bits per heavy atom. The van der Waals surface area contributed by atoms with Crippen molar-refractivity contribution in [2.24, 2.45) is 5.92 Å². The van der Waals surface area contributed by atoms with E-state index in [0.717, 1.165) is 45.6 Å². The van der Waals surface area contributed by atoms with Crippen LogP contribution in [0.1, 0.15) is 39.5 Å². The highest BCUT2D eigenvalue weighted by Crippen LogP contribution is 2.35. The number of alkyl halides is 2.